The number of thioether (sulfide) groups is 1. The highest BCUT2D eigenvalue weighted by Crippen LogP contribution is 2.05. The number of aliphatic hydroxyl groups excluding tert-OH is 1. The average molecular weight is 408 g/mol. The Morgan fingerprint density at radius 1 is 1.04 bits per heavy atom. The normalized spacial score (nSPS) is 12.5. The van der Waals surface area contributed by atoms with E-state index in [1.165, 1.54) is 0 Å². The maximum Gasteiger partial charge on any atom is 0.322 e. The summed E-state index contributed by atoms with van der Waals surface area (Å²) in [5.74, 6) is -4.35. The van der Waals surface area contributed by atoms with Gasteiger partial charge in [0.15, 0.2) is 0 Å². The fourth-order valence-electron chi connectivity index (χ4n) is 1.66. The third-order valence-corrected chi connectivity index (χ3v) is 4.05. The topological polar surface area (TPSA) is 208 Å². The minimum absolute atomic E-state index is 0.0191. The lowest BCUT2D eigenvalue weighted by molar-refractivity contribution is -0.139. The van der Waals surface area contributed by atoms with E-state index < -0.39 is 42.4 Å². The molecular formula is C14H24N4O8S. The van der Waals surface area contributed by atoms with Gasteiger partial charge in [0, 0.05) is 18.7 Å². The molecule has 0 aromatic heterocycles. The number of hydrogen-bond donors (Lipinski definition) is 7. The van der Waals surface area contributed by atoms with Crippen LogP contribution in [0.4, 0.5) is 0 Å². The highest BCUT2D eigenvalue weighted by atomic mass is 32.2. The molecule has 3 amide bonds. The van der Waals surface area contributed by atoms with Crippen molar-refractivity contribution < 1.29 is 39.3 Å². The molecule has 0 spiro atoms. The summed E-state index contributed by atoms with van der Waals surface area (Å²) in [6.45, 7) is -0.773. The molecule has 0 saturated carbocycles. The minimum Gasteiger partial charge on any atom is -0.480 e. The van der Waals surface area contributed by atoms with E-state index in [1.54, 1.807) is 0 Å². The molecule has 0 radical (unpaired) electrons. The molecule has 12 nitrogen and oxygen atoms in total. The first-order valence-electron chi connectivity index (χ1n) is 7.90. The van der Waals surface area contributed by atoms with Crippen LogP contribution >= 0.6 is 11.8 Å². The van der Waals surface area contributed by atoms with E-state index in [1.807, 2.05) is 0 Å². The molecule has 0 aromatic rings. The molecule has 0 heterocycles. The Labute approximate surface area is 159 Å². The molecule has 0 fully saturated rings. The second-order valence-electron chi connectivity index (χ2n) is 5.30. The first-order chi connectivity index (χ1) is 12.7. The molecule has 0 unspecified atom stereocenters. The molecule has 0 aromatic carbocycles. The van der Waals surface area contributed by atoms with E-state index in [0.29, 0.717) is 0 Å². The van der Waals surface area contributed by atoms with Gasteiger partial charge >= 0.3 is 11.9 Å². The summed E-state index contributed by atoms with van der Waals surface area (Å²) in [4.78, 5) is 56.5. The largest absolute Gasteiger partial charge is 0.480 e. The van der Waals surface area contributed by atoms with Gasteiger partial charge in [-0.15, -0.1) is 11.8 Å². The number of nitrogens with one attached hydrogen (secondary N) is 3. The fraction of sp³-hybridized carbons (Fsp3) is 0.643. The van der Waals surface area contributed by atoms with Crippen molar-refractivity contribution >= 4 is 41.4 Å². The minimum atomic E-state index is -1.27. The third kappa shape index (κ3) is 12.6. The molecule has 2 atom stereocenters. The number of carboxylic acid groups (broad SMARTS) is 2. The van der Waals surface area contributed by atoms with Crippen LogP contribution in [-0.4, -0.2) is 88.3 Å². The predicted molar refractivity (Wildman–Crippen MR) is 94.8 cm³/mol. The quantitative estimate of drug-likeness (QED) is 0.152. The van der Waals surface area contributed by atoms with Crippen LogP contribution in [0, 0.1) is 0 Å². The van der Waals surface area contributed by atoms with Crippen LogP contribution in [0.25, 0.3) is 0 Å². The van der Waals surface area contributed by atoms with Crippen LogP contribution in [0.2, 0.25) is 0 Å². The van der Waals surface area contributed by atoms with E-state index in [0.717, 1.165) is 11.8 Å². The molecule has 0 aliphatic heterocycles. The van der Waals surface area contributed by atoms with Gasteiger partial charge < -0.3 is 37.0 Å². The Morgan fingerprint density at radius 3 is 2.26 bits per heavy atom. The van der Waals surface area contributed by atoms with Gasteiger partial charge in [-0.05, 0) is 6.42 Å². The molecule has 27 heavy (non-hydrogen) atoms. The molecule has 8 N–H and O–H groups in total. The maximum absolute atomic E-state index is 12.0. The van der Waals surface area contributed by atoms with E-state index in [-0.39, 0.29) is 43.4 Å². The summed E-state index contributed by atoms with van der Waals surface area (Å²) in [6, 6.07) is -2.34. The maximum atomic E-state index is 12.0. The Morgan fingerprint density at radius 2 is 1.70 bits per heavy atom. The van der Waals surface area contributed by atoms with Crippen molar-refractivity contribution in [3.05, 3.63) is 0 Å². The number of nitrogens with two attached hydrogens (primary N) is 1. The first kappa shape index (κ1) is 24.6. The summed E-state index contributed by atoms with van der Waals surface area (Å²) in [7, 11) is 0. The number of carboxylic acids is 2. The first-order valence-corrected chi connectivity index (χ1v) is 9.05. The van der Waals surface area contributed by atoms with Crippen LogP contribution in [0.5, 0.6) is 0 Å². The van der Waals surface area contributed by atoms with Gasteiger partial charge in [-0.2, -0.15) is 0 Å². The molecule has 0 aliphatic rings. The summed E-state index contributed by atoms with van der Waals surface area (Å²) in [5.41, 5.74) is 5.30. The summed E-state index contributed by atoms with van der Waals surface area (Å²) in [6.07, 6.45) is -0.376. The van der Waals surface area contributed by atoms with Crippen LogP contribution in [0.3, 0.4) is 0 Å². The third-order valence-electron chi connectivity index (χ3n) is 3.02. The monoisotopic (exact) mass is 408 g/mol. The molecule has 0 bridgehead atoms. The van der Waals surface area contributed by atoms with Crippen molar-refractivity contribution in [2.45, 2.75) is 24.9 Å². The van der Waals surface area contributed by atoms with Crippen LogP contribution < -0.4 is 21.7 Å². The van der Waals surface area contributed by atoms with Crippen LogP contribution in [0.15, 0.2) is 0 Å². The lowest BCUT2D eigenvalue weighted by Crippen LogP contribution is -2.49. The standard InChI is InChI=1S/C14H24N4O8S/c15-8(14(25)26)1-2-10(20)18-9(13(24)17-5-12(22)23)6-27-7-11(21)16-3-4-19/h8-9,19H,1-7,15H2,(H,16,21)(H,17,24)(H,18,20)(H,22,23)(H,25,26)/t8-,9-/m0/s1. The lowest BCUT2D eigenvalue weighted by Gasteiger charge is -2.18. The van der Waals surface area contributed by atoms with Gasteiger partial charge in [0.2, 0.25) is 17.7 Å². The number of aliphatic hydroxyl groups is 1. The molecule has 0 rings (SSSR count). The molecule has 13 heteroatoms. The average Bonchev–Trinajstić information content (AvgIpc) is 2.61. The zero-order valence-electron chi connectivity index (χ0n) is 14.5. The Kier molecular flexibility index (Phi) is 12.6. The van der Waals surface area contributed by atoms with Crippen molar-refractivity contribution in [2.24, 2.45) is 5.73 Å². The molecule has 0 aliphatic carbocycles. The highest BCUT2D eigenvalue weighted by molar-refractivity contribution is 8.00. The van der Waals surface area contributed by atoms with Gasteiger partial charge in [-0.25, -0.2) is 0 Å². The van der Waals surface area contributed by atoms with Crippen molar-refractivity contribution in [3.63, 3.8) is 0 Å². The second kappa shape index (κ2) is 13.8. The van der Waals surface area contributed by atoms with Gasteiger partial charge in [0.1, 0.15) is 18.6 Å². The van der Waals surface area contributed by atoms with E-state index in [9.17, 15) is 24.0 Å². The summed E-state index contributed by atoms with van der Waals surface area (Å²) < 4.78 is 0. The van der Waals surface area contributed by atoms with E-state index in [2.05, 4.69) is 16.0 Å². The number of carbonyl (C=O) groups is 5. The second-order valence-corrected chi connectivity index (χ2v) is 6.33. The Balaban J connectivity index is 4.61. The zero-order chi connectivity index (χ0) is 20.8. The van der Waals surface area contributed by atoms with E-state index in [4.69, 9.17) is 21.1 Å². The Bertz CT molecular complexity index is 545. The number of carbonyl (C=O) groups excluding carboxylic acids is 3. The zero-order valence-corrected chi connectivity index (χ0v) is 15.3. The van der Waals surface area contributed by atoms with Crippen molar-refractivity contribution in [1.82, 2.24) is 16.0 Å². The highest BCUT2D eigenvalue weighted by Gasteiger charge is 2.22. The fourth-order valence-corrected chi connectivity index (χ4v) is 2.54. The number of hydrogen-bond acceptors (Lipinski definition) is 8. The molecule has 154 valence electrons. The summed E-state index contributed by atoms with van der Waals surface area (Å²) in [5, 5.41) is 32.8. The van der Waals surface area contributed by atoms with Gasteiger partial charge in [0.25, 0.3) is 0 Å². The van der Waals surface area contributed by atoms with E-state index >= 15 is 0 Å². The lowest BCUT2D eigenvalue weighted by atomic mass is 10.1. The Hall–Kier alpha value is -2.38. The smallest absolute Gasteiger partial charge is 0.322 e. The molecule has 0 saturated heterocycles. The number of rotatable bonds is 14. The van der Waals surface area contributed by atoms with Crippen molar-refractivity contribution in [2.75, 3.05) is 31.2 Å². The van der Waals surface area contributed by atoms with Gasteiger partial charge in [0.05, 0.1) is 12.4 Å². The van der Waals surface area contributed by atoms with Crippen LogP contribution in [0.1, 0.15) is 12.8 Å². The van der Waals surface area contributed by atoms with Gasteiger partial charge in [-0.3, -0.25) is 24.0 Å². The van der Waals surface area contributed by atoms with Gasteiger partial charge in [-0.1, -0.05) is 0 Å². The van der Waals surface area contributed by atoms with Crippen molar-refractivity contribution in [3.8, 4) is 0 Å². The summed E-state index contributed by atoms with van der Waals surface area (Å²) >= 11 is 1.02. The number of amides is 3. The van der Waals surface area contributed by atoms with Crippen molar-refractivity contribution in [1.29, 1.82) is 0 Å². The predicted octanol–water partition coefficient (Wildman–Crippen LogP) is -3.29. The molecular weight excluding hydrogens is 384 g/mol. The SMILES string of the molecule is N[C@@H](CCC(=O)N[C@@H](CSCC(=O)NCCO)C(=O)NCC(=O)O)C(=O)O. The van der Waals surface area contributed by atoms with Crippen LogP contribution in [-0.2, 0) is 24.0 Å². The number of aliphatic carboxylic acids is 2.